The number of hydrogen-bond donors (Lipinski definition) is 2. The number of thioether (sulfide) groups is 1. The molecule has 8 heteroatoms. The summed E-state index contributed by atoms with van der Waals surface area (Å²) in [5, 5.41) is 13.7. The molecule has 0 aliphatic rings. The molecular formula is C19H23N5O2S. The molecule has 0 saturated carbocycles. The number of nitrogens with two attached hydrogens (primary N) is 1. The van der Waals surface area contributed by atoms with Gasteiger partial charge in [-0.2, -0.15) is 0 Å². The van der Waals surface area contributed by atoms with E-state index in [1.165, 1.54) is 27.2 Å². The first-order valence-corrected chi connectivity index (χ1v) is 9.57. The Kier molecular flexibility index (Phi) is 6.31. The van der Waals surface area contributed by atoms with Crippen molar-refractivity contribution in [3.63, 3.8) is 0 Å². The summed E-state index contributed by atoms with van der Waals surface area (Å²) in [6.07, 6.45) is 0.569. The van der Waals surface area contributed by atoms with Gasteiger partial charge in [0.15, 0.2) is 5.82 Å². The van der Waals surface area contributed by atoms with Crippen molar-refractivity contribution in [2.75, 3.05) is 26.1 Å². The van der Waals surface area contributed by atoms with E-state index >= 15 is 0 Å². The van der Waals surface area contributed by atoms with Crippen molar-refractivity contribution >= 4 is 28.4 Å². The minimum Gasteiger partial charge on any atom is -0.383 e. The lowest BCUT2D eigenvalue weighted by Crippen LogP contribution is -2.33. The Morgan fingerprint density at radius 1 is 1.26 bits per heavy atom. The highest BCUT2D eigenvalue weighted by atomic mass is 32.2. The maximum absolute atomic E-state index is 12.1. The molecule has 142 valence electrons. The smallest absolute Gasteiger partial charge is 0.233 e. The second-order valence-electron chi connectivity index (χ2n) is 6.13. The molecule has 0 aliphatic carbocycles. The van der Waals surface area contributed by atoms with Gasteiger partial charge in [0.2, 0.25) is 11.1 Å². The van der Waals surface area contributed by atoms with Crippen molar-refractivity contribution in [3.05, 3.63) is 53.9 Å². The van der Waals surface area contributed by atoms with E-state index in [1.54, 1.807) is 7.11 Å². The lowest BCUT2D eigenvalue weighted by atomic mass is 10.0. The molecule has 3 N–H and O–H groups in total. The van der Waals surface area contributed by atoms with Crippen LogP contribution in [0.3, 0.4) is 0 Å². The minimum absolute atomic E-state index is 0.0874. The van der Waals surface area contributed by atoms with Crippen LogP contribution in [0.25, 0.3) is 10.8 Å². The maximum atomic E-state index is 12.1. The van der Waals surface area contributed by atoms with Gasteiger partial charge in [0.1, 0.15) is 0 Å². The van der Waals surface area contributed by atoms with Gasteiger partial charge in [-0.1, -0.05) is 54.2 Å². The van der Waals surface area contributed by atoms with Crippen LogP contribution in [0, 0.1) is 0 Å². The quantitative estimate of drug-likeness (QED) is 0.350. The van der Waals surface area contributed by atoms with Crippen LogP contribution in [0.5, 0.6) is 0 Å². The van der Waals surface area contributed by atoms with Crippen LogP contribution in [0.1, 0.15) is 18.3 Å². The molecule has 2 aromatic carbocycles. The van der Waals surface area contributed by atoms with E-state index in [2.05, 4.69) is 39.8 Å². The van der Waals surface area contributed by atoms with Gasteiger partial charge >= 0.3 is 0 Å². The summed E-state index contributed by atoms with van der Waals surface area (Å²) >= 11 is 1.28. The largest absolute Gasteiger partial charge is 0.383 e. The molecule has 0 bridgehead atoms. The Balaban J connectivity index is 1.71. The van der Waals surface area contributed by atoms with E-state index in [4.69, 9.17) is 10.6 Å². The predicted octanol–water partition coefficient (Wildman–Crippen LogP) is 1.98. The third-order valence-corrected chi connectivity index (χ3v) is 5.28. The zero-order valence-electron chi connectivity index (χ0n) is 15.4. The van der Waals surface area contributed by atoms with Gasteiger partial charge in [0.25, 0.3) is 0 Å². The molecule has 0 saturated heterocycles. The number of carbonyl (C=O) groups is 1. The number of nitrogens with one attached hydrogen (secondary N) is 1. The molecular weight excluding hydrogens is 362 g/mol. The molecule has 1 aromatic heterocycles. The van der Waals surface area contributed by atoms with Gasteiger partial charge < -0.3 is 15.9 Å². The summed E-state index contributed by atoms with van der Waals surface area (Å²) in [5.74, 6) is 6.75. The molecule has 0 fully saturated rings. The van der Waals surface area contributed by atoms with E-state index in [9.17, 15) is 4.79 Å². The molecule has 3 aromatic rings. The van der Waals surface area contributed by atoms with E-state index < -0.39 is 0 Å². The van der Waals surface area contributed by atoms with Gasteiger partial charge in [-0.25, -0.2) is 4.68 Å². The Morgan fingerprint density at radius 3 is 2.85 bits per heavy atom. The normalized spacial score (nSPS) is 12.2. The first kappa shape index (κ1) is 19.2. The number of hydrogen-bond acceptors (Lipinski definition) is 6. The van der Waals surface area contributed by atoms with Crippen LogP contribution < -0.4 is 11.2 Å². The molecule has 1 atom stereocenters. The SMILES string of the molecule is COCCNC(=O)[C@H](C)Sc1nnc(Cc2cccc3ccccc23)n1N. The zero-order valence-corrected chi connectivity index (χ0v) is 16.2. The van der Waals surface area contributed by atoms with Crippen molar-refractivity contribution in [2.24, 2.45) is 0 Å². The van der Waals surface area contributed by atoms with Crippen molar-refractivity contribution in [1.82, 2.24) is 20.2 Å². The highest BCUT2D eigenvalue weighted by molar-refractivity contribution is 8.00. The Morgan fingerprint density at radius 2 is 2.04 bits per heavy atom. The number of rotatable bonds is 8. The average molecular weight is 385 g/mol. The van der Waals surface area contributed by atoms with Crippen LogP contribution in [-0.4, -0.2) is 46.3 Å². The van der Waals surface area contributed by atoms with Gasteiger partial charge in [-0.3, -0.25) is 4.79 Å². The second kappa shape index (κ2) is 8.88. The van der Waals surface area contributed by atoms with Crippen molar-refractivity contribution < 1.29 is 9.53 Å². The fourth-order valence-corrected chi connectivity index (χ4v) is 3.57. The number of ether oxygens (including phenoxy) is 1. The van der Waals surface area contributed by atoms with E-state index in [0.29, 0.717) is 30.6 Å². The predicted molar refractivity (Wildman–Crippen MR) is 107 cm³/mol. The molecule has 0 spiro atoms. The zero-order chi connectivity index (χ0) is 19.2. The van der Waals surface area contributed by atoms with E-state index in [1.807, 2.05) is 25.1 Å². The standard InChI is InChI=1S/C19H23N5O2S/c1-13(18(25)21-10-11-26-2)27-19-23-22-17(24(19)20)12-15-8-5-7-14-6-3-4-9-16(14)15/h3-9,13H,10-12,20H2,1-2H3,(H,21,25)/t13-/m0/s1. The van der Waals surface area contributed by atoms with Gasteiger partial charge in [-0.05, 0) is 23.3 Å². The molecule has 0 aliphatic heterocycles. The fraction of sp³-hybridized carbons (Fsp3) is 0.316. The topological polar surface area (TPSA) is 95.1 Å². The summed E-state index contributed by atoms with van der Waals surface area (Å²) in [4.78, 5) is 12.1. The Hall–Kier alpha value is -2.58. The molecule has 1 amide bonds. The maximum Gasteiger partial charge on any atom is 0.233 e. The lowest BCUT2D eigenvalue weighted by molar-refractivity contribution is -0.120. The summed E-state index contributed by atoms with van der Waals surface area (Å²) < 4.78 is 6.40. The number of nitrogen functional groups attached to an aromatic ring is 1. The van der Waals surface area contributed by atoms with Crippen LogP contribution >= 0.6 is 11.8 Å². The number of nitrogens with zero attached hydrogens (tertiary/aromatic N) is 3. The number of amides is 1. The van der Waals surface area contributed by atoms with Gasteiger partial charge in [0, 0.05) is 20.1 Å². The number of benzene rings is 2. The summed E-state index contributed by atoms with van der Waals surface area (Å²) in [5.41, 5.74) is 1.13. The number of methoxy groups -OCH3 is 1. The first-order chi connectivity index (χ1) is 13.1. The minimum atomic E-state index is -0.334. The Labute approximate surface area is 162 Å². The average Bonchev–Trinajstić information content (AvgIpc) is 3.02. The first-order valence-electron chi connectivity index (χ1n) is 8.69. The Bertz CT molecular complexity index is 922. The third kappa shape index (κ3) is 4.58. The third-order valence-electron chi connectivity index (χ3n) is 4.22. The summed E-state index contributed by atoms with van der Waals surface area (Å²) in [6, 6.07) is 14.4. The highest BCUT2D eigenvalue weighted by Gasteiger charge is 2.19. The van der Waals surface area contributed by atoms with Crippen LogP contribution in [-0.2, 0) is 16.0 Å². The fourth-order valence-electron chi connectivity index (χ4n) is 2.76. The number of carbonyl (C=O) groups excluding carboxylic acids is 1. The van der Waals surface area contributed by atoms with Crippen LogP contribution in [0.2, 0.25) is 0 Å². The highest BCUT2D eigenvalue weighted by Crippen LogP contribution is 2.24. The van der Waals surface area contributed by atoms with E-state index in [0.717, 1.165) is 5.56 Å². The number of fused-ring (bicyclic) bond motifs is 1. The molecule has 0 radical (unpaired) electrons. The van der Waals surface area contributed by atoms with E-state index in [-0.39, 0.29) is 11.2 Å². The van der Waals surface area contributed by atoms with Crippen LogP contribution in [0.4, 0.5) is 0 Å². The molecule has 27 heavy (non-hydrogen) atoms. The molecule has 0 unspecified atom stereocenters. The van der Waals surface area contributed by atoms with Gasteiger partial charge in [0.05, 0.1) is 11.9 Å². The van der Waals surface area contributed by atoms with Gasteiger partial charge in [-0.15, -0.1) is 10.2 Å². The second-order valence-corrected chi connectivity index (χ2v) is 7.44. The van der Waals surface area contributed by atoms with Crippen LogP contribution in [0.15, 0.2) is 47.6 Å². The lowest BCUT2D eigenvalue weighted by Gasteiger charge is -2.11. The molecule has 1 heterocycles. The van der Waals surface area contributed by atoms with Crippen molar-refractivity contribution in [3.8, 4) is 0 Å². The molecule has 7 nitrogen and oxygen atoms in total. The van der Waals surface area contributed by atoms with Crippen molar-refractivity contribution in [2.45, 2.75) is 23.8 Å². The van der Waals surface area contributed by atoms with Crippen molar-refractivity contribution in [1.29, 1.82) is 0 Å². The summed E-state index contributed by atoms with van der Waals surface area (Å²) in [6.45, 7) is 2.76. The number of aromatic nitrogens is 3. The molecule has 3 rings (SSSR count). The summed E-state index contributed by atoms with van der Waals surface area (Å²) in [7, 11) is 1.60. The monoisotopic (exact) mass is 385 g/mol.